The standard InChI is InChI=1S/C14H18F3NO5/c1-3-4-5-6-23-12-10(18(20)21)7-9(8-11(12)22-2)13(19)14(15,16)17/h7-8,13,19H,3-6H2,1-2H3. The van der Waals surface area contributed by atoms with Crippen LogP contribution in [-0.2, 0) is 0 Å². The van der Waals surface area contributed by atoms with Crippen LogP contribution in [0.4, 0.5) is 18.9 Å². The number of methoxy groups -OCH3 is 1. The summed E-state index contributed by atoms with van der Waals surface area (Å²) in [5.41, 5.74) is -1.36. The minimum Gasteiger partial charge on any atom is -0.493 e. The van der Waals surface area contributed by atoms with Gasteiger partial charge in [0.25, 0.3) is 0 Å². The molecule has 0 amide bonds. The van der Waals surface area contributed by atoms with Crippen molar-refractivity contribution in [1.29, 1.82) is 0 Å². The lowest BCUT2D eigenvalue weighted by molar-refractivity contribution is -0.386. The van der Waals surface area contributed by atoms with Crippen molar-refractivity contribution >= 4 is 5.69 Å². The van der Waals surface area contributed by atoms with E-state index in [1.165, 1.54) is 0 Å². The maximum atomic E-state index is 12.6. The lowest BCUT2D eigenvalue weighted by atomic mass is 10.1. The van der Waals surface area contributed by atoms with Gasteiger partial charge in [-0.05, 0) is 12.5 Å². The van der Waals surface area contributed by atoms with Crippen molar-refractivity contribution in [2.75, 3.05) is 13.7 Å². The smallest absolute Gasteiger partial charge is 0.418 e. The summed E-state index contributed by atoms with van der Waals surface area (Å²) in [7, 11) is 1.15. The van der Waals surface area contributed by atoms with E-state index in [9.17, 15) is 28.4 Å². The first-order valence-corrected chi connectivity index (χ1v) is 6.96. The summed E-state index contributed by atoms with van der Waals surface area (Å²) in [5.74, 6) is -0.472. The highest BCUT2D eigenvalue weighted by Crippen LogP contribution is 2.42. The Labute approximate surface area is 131 Å². The highest BCUT2D eigenvalue weighted by Gasteiger charge is 2.41. The van der Waals surface area contributed by atoms with Crippen LogP contribution >= 0.6 is 0 Å². The Bertz CT molecular complexity index is 548. The molecule has 0 aliphatic carbocycles. The van der Waals surface area contributed by atoms with Crippen molar-refractivity contribution in [2.45, 2.75) is 38.5 Å². The van der Waals surface area contributed by atoms with Gasteiger partial charge >= 0.3 is 11.9 Å². The molecular weight excluding hydrogens is 319 g/mol. The Balaban J connectivity index is 3.22. The van der Waals surface area contributed by atoms with Gasteiger partial charge in [-0.25, -0.2) is 0 Å². The summed E-state index contributed by atoms with van der Waals surface area (Å²) in [6.07, 6.45) is -5.38. The van der Waals surface area contributed by atoms with E-state index in [1.807, 2.05) is 6.92 Å². The van der Waals surface area contributed by atoms with Gasteiger partial charge in [0.1, 0.15) is 0 Å². The van der Waals surface area contributed by atoms with E-state index in [0.717, 1.165) is 26.0 Å². The second kappa shape index (κ2) is 8.00. The number of halogens is 3. The number of unbranched alkanes of at least 4 members (excludes halogenated alkanes) is 2. The zero-order valence-electron chi connectivity index (χ0n) is 12.7. The lowest BCUT2D eigenvalue weighted by Crippen LogP contribution is -2.20. The Hall–Kier alpha value is -2.03. The molecule has 1 aromatic rings. The first-order valence-electron chi connectivity index (χ1n) is 6.96. The maximum Gasteiger partial charge on any atom is 0.418 e. The minimum atomic E-state index is -4.94. The van der Waals surface area contributed by atoms with Crippen LogP contribution in [0.3, 0.4) is 0 Å². The molecule has 1 aromatic carbocycles. The number of hydrogen-bond donors (Lipinski definition) is 1. The van der Waals surface area contributed by atoms with E-state index in [2.05, 4.69) is 0 Å². The fourth-order valence-electron chi connectivity index (χ4n) is 1.91. The molecule has 0 fully saturated rings. The Morgan fingerprint density at radius 3 is 2.48 bits per heavy atom. The van der Waals surface area contributed by atoms with Crippen molar-refractivity contribution in [2.24, 2.45) is 0 Å². The third-order valence-corrected chi connectivity index (χ3v) is 3.09. The molecule has 130 valence electrons. The molecule has 1 unspecified atom stereocenters. The average molecular weight is 337 g/mol. The molecule has 0 radical (unpaired) electrons. The van der Waals surface area contributed by atoms with E-state index in [0.29, 0.717) is 12.5 Å². The molecule has 23 heavy (non-hydrogen) atoms. The molecule has 6 nitrogen and oxygen atoms in total. The molecule has 1 atom stereocenters. The summed E-state index contributed by atoms with van der Waals surface area (Å²) < 4.78 is 48.0. The average Bonchev–Trinajstić information content (AvgIpc) is 2.49. The molecule has 1 rings (SSSR count). The van der Waals surface area contributed by atoms with E-state index in [-0.39, 0.29) is 18.1 Å². The largest absolute Gasteiger partial charge is 0.493 e. The molecule has 0 saturated heterocycles. The van der Waals surface area contributed by atoms with Crippen molar-refractivity contribution < 1.29 is 32.7 Å². The number of ether oxygens (including phenoxy) is 2. The van der Waals surface area contributed by atoms with Crippen LogP contribution in [0.25, 0.3) is 0 Å². The second-order valence-corrected chi connectivity index (χ2v) is 4.83. The summed E-state index contributed by atoms with van der Waals surface area (Å²) in [6.45, 7) is 2.14. The van der Waals surface area contributed by atoms with Crippen molar-refractivity contribution in [1.82, 2.24) is 0 Å². The van der Waals surface area contributed by atoms with Gasteiger partial charge in [0.2, 0.25) is 5.75 Å². The monoisotopic (exact) mass is 337 g/mol. The molecule has 9 heteroatoms. The van der Waals surface area contributed by atoms with Crippen LogP contribution in [0, 0.1) is 10.1 Å². The molecule has 0 aliphatic rings. The van der Waals surface area contributed by atoms with Gasteiger partial charge in [-0.2, -0.15) is 13.2 Å². The Morgan fingerprint density at radius 1 is 1.35 bits per heavy atom. The van der Waals surface area contributed by atoms with Crippen LogP contribution < -0.4 is 9.47 Å². The van der Waals surface area contributed by atoms with Crippen molar-refractivity contribution in [3.63, 3.8) is 0 Å². The van der Waals surface area contributed by atoms with E-state index in [1.54, 1.807) is 0 Å². The number of aliphatic hydroxyl groups is 1. The summed E-state index contributed by atoms with van der Waals surface area (Å²) in [6, 6.07) is 1.54. The Morgan fingerprint density at radius 2 is 2.00 bits per heavy atom. The predicted molar refractivity (Wildman–Crippen MR) is 75.7 cm³/mol. The first-order chi connectivity index (χ1) is 10.7. The van der Waals surface area contributed by atoms with Gasteiger partial charge in [0.15, 0.2) is 11.9 Å². The quantitative estimate of drug-likeness (QED) is 0.444. The highest BCUT2D eigenvalue weighted by molar-refractivity contribution is 5.58. The molecular formula is C14H18F3NO5. The van der Waals surface area contributed by atoms with E-state index >= 15 is 0 Å². The van der Waals surface area contributed by atoms with Gasteiger partial charge in [-0.15, -0.1) is 0 Å². The van der Waals surface area contributed by atoms with E-state index < -0.39 is 28.5 Å². The second-order valence-electron chi connectivity index (χ2n) is 4.83. The number of benzene rings is 1. The van der Waals surface area contributed by atoms with Gasteiger partial charge in [-0.1, -0.05) is 19.8 Å². The molecule has 0 aliphatic heterocycles. The number of nitrogens with zero attached hydrogens (tertiary/aromatic N) is 1. The molecule has 0 spiro atoms. The fraction of sp³-hybridized carbons (Fsp3) is 0.571. The normalized spacial score (nSPS) is 12.8. The number of nitro benzene ring substituents is 1. The van der Waals surface area contributed by atoms with Gasteiger partial charge in [0, 0.05) is 11.6 Å². The fourth-order valence-corrected chi connectivity index (χ4v) is 1.91. The number of alkyl halides is 3. The highest BCUT2D eigenvalue weighted by atomic mass is 19.4. The minimum absolute atomic E-state index is 0.173. The van der Waals surface area contributed by atoms with E-state index in [4.69, 9.17) is 9.47 Å². The molecule has 0 bridgehead atoms. The topological polar surface area (TPSA) is 81.8 Å². The zero-order valence-corrected chi connectivity index (χ0v) is 12.7. The van der Waals surface area contributed by atoms with Crippen LogP contribution in [-0.4, -0.2) is 29.9 Å². The van der Waals surface area contributed by atoms with Crippen LogP contribution in [0.2, 0.25) is 0 Å². The van der Waals surface area contributed by atoms with Gasteiger partial charge < -0.3 is 14.6 Å². The SMILES string of the molecule is CCCCCOc1c(OC)cc(C(O)C(F)(F)F)cc1[N+](=O)[O-]. The van der Waals surface area contributed by atoms with Crippen LogP contribution in [0.1, 0.15) is 37.9 Å². The van der Waals surface area contributed by atoms with Crippen molar-refractivity contribution in [3.05, 3.63) is 27.8 Å². The summed E-state index contributed by atoms with van der Waals surface area (Å²) in [5, 5.41) is 20.4. The van der Waals surface area contributed by atoms with Crippen LogP contribution in [0.15, 0.2) is 12.1 Å². The number of rotatable bonds is 8. The lowest BCUT2D eigenvalue weighted by Gasteiger charge is -2.17. The summed E-state index contributed by atoms with van der Waals surface area (Å²) >= 11 is 0. The van der Waals surface area contributed by atoms with Crippen LogP contribution in [0.5, 0.6) is 11.5 Å². The van der Waals surface area contributed by atoms with Gasteiger partial charge in [0.05, 0.1) is 18.6 Å². The molecule has 0 aromatic heterocycles. The Kier molecular flexibility index (Phi) is 6.62. The predicted octanol–water partition coefficient (Wildman–Crippen LogP) is 3.77. The molecule has 0 heterocycles. The number of hydrogen-bond acceptors (Lipinski definition) is 5. The maximum absolute atomic E-state index is 12.6. The first kappa shape index (κ1) is 19.0. The third kappa shape index (κ3) is 4.98. The molecule has 1 N–H and O–H groups in total. The number of nitro groups is 1. The van der Waals surface area contributed by atoms with Crippen molar-refractivity contribution in [3.8, 4) is 11.5 Å². The third-order valence-electron chi connectivity index (χ3n) is 3.09. The zero-order chi connectivity index (χ0) is 17.6. The molecule has 0 saturated carbocycles. The van der Waals surface area contributed by atoms with Gasteiger partial charge in [-0.3, -0.25) is 10.1 Å². The summed E-state index contributed by atoms with van der Waals surface area (Å²) in [4.78, 5) is 10.2. The number of aliphatic hydroxyl groups excluding tert-OH is 1.